The fourth-order valence-corrected chi connectivity index (χ4v) is 6.09. The van der Waals surface area contributed by atoms with Crippen molar-refractivity contribution in [3.63, 3.8) is 0 Å². The van der Waals surface area contributed by atoms with Crippen LogP contribution in [0.25, 0.3) is 11.0 Å². The predicted molar refractivity (Wildman–Crippen MR) is 128 cm³/mol. The Labute approximate surface area is 210 Å². The second-order valence-corrected chi connectivity index (χ2v) is 10.3. The molecule has 2 fully saturated rings. The van der Waals surface area contributed by atoms with E-state index in [1.165, 1.54) is 21.9 Å². The molecular formula is C26H26F3N5O3. The van der Waals surface area contributed by atoms with Crippen molar-refractivity contribution in [1.29, 1.82) is 0 Å². The molecule has 194 valence electrons. The van der Waals surface area contributed by atoms with Crippen LogP contribution in [0.15, 0.2) is 36.5 Å². The van der Waals surface area contributed by atoms with Crippen molar-refractivity contribution in [2.75, 3.05) is 37.9 Å². The fraction of sp³-hybridized carbons (Fsp3) is 0.462. The van der Waals surface area contributed by atoms with Crippen molar-refractivity contribution in [3.8, 4) is 5.88 Å². The maximum absolute atomic E-state index is 15.1. The van der Waals surface area contributed by atoms with Crippen LogP contribution in [0.5, 0.6) is 5.88 Å². The Balaban J connectivity index is 1.17. The van der Waals surface area contributed by atoms with E-state index in [0.29, 0.717) is 22.6 Å². The van der Waals surface area contributed by atoms with Gasteiger partial charge in [0.05, 0.1) is 36.2 Å². The number of benzene rings is 1. The number of H-pyrrole nitrogens is 1. The molecule has 1 saturated heterocycles. The van der Waals surface area contributed by atoms with Crippen LogP contribution >= 0.6 is 0 Å². The number of rotatable bonds is 8. The van der Waals surface area contributed by atoms with Gasteiger partial charge in [0.2, 0.25) is 17.7 Å². The zero-order valence-electron chi connectivity index (χ0n) is 20.1. The summed E-state index contributed by atoms with van der Waals surface area (Å²) in [6.07, 6.45) is 2.16. The van der Waals surface area contributed by atoms with Gasteiger partial charge in [-0.05, 0) is 31.0 Å². The quantitative estimate of drug-likeness (QED) is 0.498. The molecule has 8 nitrogen and oxygen atoms in total. The number of aromatic nitrogens is 3. The number of aromatic amines is 1. The first-order valence-corrected chi connectivity index (χ1v) is 12.4. The summed E-state index contributed by atoms with van der Waals surface area (Å²) in [6.45, 7) is -0.880. The Hall–Kier alpha value is -3.63. The number of hydrogen-bond acceptors (Lipinski definition) is 5. The maximum atomic E-state index is 15.1. The van der Waals surface area contributed by atoms with Gasteiger partial charge in [-0.3, -0.25) is 23.5 Å². The monoisotopic (exact) mass is 513 g/mol. The number of carbonyl (C=O) groups excluding carboxylic acids is 2. The molecule has 4 heterocycles. The Morgan fingerprint density at radius 1 is 1.14 bits per heavy atom. The first-order chi connectivity index (χ1) is 17.9. The maximum Gasteiger partial charge on any atom is 0.242 e. The third kappa shape index (κ3) is 3.74. The van der Waals surface area contributed by atoms with Gasteiger partial charge in [-0.25, -0.2) is 9.37 Å². The summed E-state index contributed by atoms with van der Waals surface area (Å²) < 4.78 is 47.0. The molecule has 37 heavy (non-hydrogen) atoms. The van der Waals surface area contributed by atoms with E-state index in [1.807, 2.05) is 0 Å². The molecule has 0 unspecified atom stereocenters. The van der Waals surface area contributed by atoms with Crippen molar-refractivity contribution < 1.29 is 27.5 Å². The standard InChI is InChI=1S/C26H26F3N5O3/c27-8-6-25(7-9-28)14-33(15-25)22(35)13-34-20-3-1-2-17(29)23(20)26(24(34)36)10-16(11-26)37-21-5-4-18-19(31-21)12-30-32-18/h1-5,12,16H,6-11,13-15H2,(H,30,32). The highest BCUT2D eigenvalue weighted by Gasteiger charge is 2.61. The van der Waals surface area contributed by atoms with Gasteiger partial charge in [-0.15, -0.1) is 0 Å². The lowest BCUT2D eigenvalue weighted by Gasteiger charge is -2.50. The lowest BCUT2D eigenvalue weighted by Crippen LogP contribution is -2.61. The van der Waals surface area contributed by atoms with Gasteiger partial charge in [0.25, 0.3) is 0 Å². The van der Waals surface area contributed by atoms with Gasteiger partial charge in [0.1, 0.15) is 24.0 Å². The van der Waals surface area contributed by atoms with Crippen molar-refractivity contribution in [3.05, 3.63) is 47.9 Å². The minimum absolute atomic E-state index is 0.199. The molecule has 0 bridgehead atoms. The number of nitrogens with zero attached hydrogens (tertiary/aromatic N) is 4. The van der Waals surface area contributed by atoms with E-state index < -0.39 is 30.0 Å². The second kappa shape index (κ2) is 8.74. The molecule has 2 aromatic heterocycles. The van der Waals surface area contributed by atoms with Gasteiger partial charge in [0, 0.05) is 43.0 Å². The molecule has 1 N–H and O–H groups in total. The van der Waals surface area contributed by atoms with Crippen LogP contribution in [-0.2, 0) is 15.0 Å². The van der Waals surface area contributed by atoms with Gasteiger partial charge >= 0.3 is 0 Å². The number of alkyl halides is 2. The minimum Gasteiger partial charge on any atom is -0.474 e. The van der Waals surface area contributed by atoms with E-state index in [0.717, 1.165) is 5.52 Å². The molecule has 3 aliphatic rings. The SMILES string of the molecule is O=C(CN1C(=O)C2(CC(Oc3ccc4[nH]ncc4n3)C2)c2c(F)cccc21)N1CC(CCF)(CCF)C1. The number of anilines is 1. The number of nitrogens with one attached hydrogen (secondary N) is 1. The summed E-state index contributed by atoms with van der Waals surface area (Å²) >= 11 is 0. The highest BCUT2D eigenvalue weighted by Crippen LogP contribution is 2.55. The number of carbonyl (C=O) groups is 2. The predicted octanol–water partition coefficient (Wildman–Crippen LogP) is 3.47. The van der Waals surface area contributed by atoms with Crippen molar-refractivity contribution >= 4 is 28.5 Å². The normalized spacial score (nSPS) is 23.8. The second-order valence-electron chi connectivity index (χ2n) is 10.3. The molecule has 6 rings (SSSR count). The van der Waals surface area contributed by atoms with E-state index in [9.17, 15) is 18.4 Å². The Morgan fingerprint density at radius 3 is 2.62 bits per heavy atom. The van der Waals surface area contributed by atoms with Gasteiger partial charge in [-0.2, -0.15) is 5.10 Å². The van der Waals surface area contributed by atoms with E-state index in [4.69, 9.17) is 4.74 Å². The zero-order chi connectivity index (χ0) is 25.8. The molecule has 2 aliphatic heterocycles. The van der Waals surface area contributed by atoms with Crippen LogP contribution in [0, 0.1) is 11.2 Å². The van der Waals surface area contributed by atoms with Crippen LogP contribution in [0.3, 0.4) is 0 Å². The molecule has 1 aliphatic carbocycles. The van der Waals surface area contributed by atoms with Crippen LogP contribution in [0.2, 0.25) is 0 Å². The number of ether oxygens (including phenoxy) is 1. The van der Waals surface area contributed by atoms with Crippen molar-refractivity contribution in [1.82, 2.24) is 20.1 Å². The molecule has 3 aromatic rings. The van der Waals surface area contributed by atoms with Crippen LogP contribution in [-0.4, -0.2) is 71.0 Å². The van der Waals surface area contributed by atoms with Gasteiger partial charge in [0.15, 0.2) is 0 Å². The van der Waals surface area contributed by atoms with E-state index >= 15 is 4.39 Å². The van der Waals surface area contributed by atoms with Gasteiger partial charge in [-0.1, -0.05) is 6.07 Å². The molecule has 2 amide bonds. The zero-order valence-corrected chi connectivity index (χ0v) is 20.1. The molecular weight excluding hydrogens is 487 g/mol. The Morgan fingerprint density at radius 2 is 1.89 bits per heavy atom. The third-order valence-corrected chi connectivity index (χ3v) is 8.07. The molecule has 1 spiro atoms. The van der Waals surface area contributed by atoms with E-state index in [2.05, 4.69) is 15.2 Å². The summed E-state index contributed by atoms with van der Waals surface area (Å²) in [4.78, 5) is 34.0. The summed E-state index contributed by atoms with van der Waals surface area (Å²) in [6, 6.07) is 7.99. The molecule has 1 aromatic carbocycles. The summed E-state index contributed by atoms with van der Waals surface area (Å²) in [5, 5.41) is 6.76. The summed E-state index contributed by atoms with van der Waals surface area (Å²) in [5.41, 5.74) is 0.441. The van der Waals surface area contributed by atoms with Crippen LogP contribution in [0.1, 0.15) is 31.2 Å². The number of pyridine rings is 1. The average Bonchev–Trinajstić information content (AvgIpc) is 3.39. The number of hydrogen-bond donors (Lipinski definition) is 1. The van der Waals surface area contributed by atoms with Gasteiger partial charge < -0.3 is 14.5 Å². The topological polar surface area (TPSA) is 91.4 Å². The van der Waals surface area contributed by atoms with Crippen molar-refractivity contribution in [2.45, 2.75) is 37.2 Å². The largest absolute Gasteiger partial charge is 0.474 e. The number of likely N-dealkylation sites (tertiary alicyclic amines) is 1. The summed E-state index contributed by atoms with van der Waals surface area (Å²) in [7, 11) is 0. The molecule has 11 heteroatoms. The fourth-order valence-electron chi connectivity index (χ4n) is 6.09. The number of amides is 2. The van der Waals surface area contributed by atoms with Crippen LogP contribution in [0.4, 0.5) is 18.9 Å². The first kappa shape index (κ1) is 23.7. The Kier molecular flexibility index (Phi) is 5.61. The van der Waals surface area contributed by atoms with Crippen LogP contribution < -0.4 is 9.64 Å². The lowest BCUT2D eigenvalue weighted by molar-refractivity contribution is -0.144. The molecule has 0 atom stereocenters. The minimum atomic E-state index is -1.10. The number of fused-ring (bicyclic) bond motifs is 3. The smallest absolute Gasteiger partial charge is 0.242 e. The lowest BCUT2D eigenvalue weighted by atomic mass is 9.63. The number of halogens is 3. The Bertz CT molecular complexity index is 1360. The van der Waals surface area contributed by atoms with E-state index in [-0.39, 0.29) is 63.2 Å². The molecule has 1 saturated carbocycles. The first-order valence-electron chi connectivity index (χ1n) is 12.4. The molecule has 0 radical (unpaired) electrons. The van der Waals surface area contributed by atoms with E-state index in [1.54, 1.807) is 24.4 Å². The third-order valence-electron chi connectivity index (χ3n) is 8.07. The highest BCUT2D eigenvalue weighted by molar-refractivity contribution is 6.11. The highest BCUT2D eigenvalue weighted by atomic mass is 19.1. The van der Waals surface area contributed by atoms with Crippen molar-refractivity contribution in [2.24, 2.45) is 5.41 Å². The average molecular weight is 514 g/mol. The summed E-state index contributed by atoms with van der Waals surface area (Å²) in [5.74, 6) is -0.758.